The van der Waals surface area contributed by atoms with E-state index in [0.29, 0.717) is 0 Å². The number of hydrogen-bond donors (Lipinski definition) is 1. The first-order valence-corrected chi connectivity index (χ1v) is 5.76. The molecule has 2 aromatic carbocycles. The molecule has 0 spiro atoms. The van der Waals surface area contributed by atoms with Crippen molar-refractivity contribution in [2.75, 3.05) is 0 Å². The average molecular weight is 219 g/mol. The van der Waals surface area contributed by atoms with Gasteiger partial charge < -0.3 is 4.98 Å². The first-order chi connectivity index (χ1) is 8.31. The van der Waals surface area contributed by atoms with Gasteiger partial charge in [-0.15, -0.1) is 6.42 Å². The Morgan fingerprint density at radius 1 is 1.06 bits per heavy atom. The van der Waals surface area contributed by atoms with Crippen LogP contribution in [0.25, 0.3) is 21.8 Å². The Balaban J connectivity index is 2.44. The van der Waals surface area contributed by atoms with E-state index in [0.717, 1.165) is 0 Å². The van der Waals surface area contributed by atoms with Gasteiger partial charge in [-0.1, -0.05) is 42.3 Å². The number of aromatic amines is 1. The third kappa shape index (κ3) is 1.42. The number of rotatable bonds is 1. The van der Waals surface area contributed by atoms with E-state index in [1.165, 1.54) is 27.4 Å². The smallest absolute Gasteiger partial charge is 0.0509 e. The van der Waals surface area contributed by atoms with Crippen molar-refractivity contribution < 1.29 is 0 Å². The van der Waals surface area contributed by atoms with Crippen LogP contribution < -0.4 is 0 Å². The summed E-state index contributed by atoms with van der Waals surface area (Å²) in [6, 6.07) is 14.7. The maximum atomic E-state index is 5.53. The van der Waals surface area contributed by atoms with Crippen molar-refractivity contribution in [1.29, 1.82) is 0 Å². The maximum absolute atomic E-state index is 5.53. The number of terminal acetylenes is 1. The van der Waals surface area contributed by atoms with Crippen LogP contribution in [-0.2, 0) is 0 Å². The van der Waals surface area contributed by atoms with E-state index in [1.807, 2.05) is 6.07 Å². The number of hydrogen-bond acceptors (Lipinski definition) is 0. The molecule has 82 valence electrons. The first kappa shape index (κ1) is 9.99. The van der Waals surface area contributed by atoms with E-state index < -0.39 is 0 Å². The second-order valence-electron chi connectivity index (χ2n) is 4.33. The highest BCUT2D eigenvalue weighted by molar-refractivity contribution is 6.08. The van der Waals surface area contributed by atoms with Crippen LogP contribution in [0.1, 0.15) is 18.4 Å². The quantitative estimate of drug-likeness (QED) is 0.594. The number of H-pyrrole nitrogens is 1. The highest BCUT2D eigenvalue weighted by Gasteiger charge is 2.10. The van der Waals surface area contributed by atoms with Crippen LogP contribution in [0, 0.1) is 12.3 Å². The maximum Gasteiger partial charge on any atom is 0.0509 e. The van der Waals surface area contributed by atoms with E-state index in [2.05, 4.69) is 54.2 Å². The number of fused-ring (bicyclic) bond motifs is 3. The highest BCUT2D eigenvalue weighted by atomic mass is 14.7. The number of nitrogens with one attached hydrogen (secondary N) is 1. The van der Waals surface area contributed by atoms with Gasteiger partial charge in [0.1, 0.15) is 0 Å². The number of aromatic nitrogens is 1. The molecular formula is C16H13N. The van der Waals surface area contributed by atoms with Crippen molar-refractivity contribution in [3.05, 3.63) is 48.0 Å². The number of para-hydroxylation sites is 2. The van der Waals surface area contributed by atoms with Crippen LogP contribution in [0.2, 0.25) is 0 Å². The molecule has 1 heteroatoms. The Morgan fingerprint density at radius 2 is 1.82 bits per heavy atom. The van der Waals surface area contributed by atoms with E-state index in [-0.39, 0.29) is 5.92 Å². The topological polar surface area (TPSA) is 15.8 Å². The van der Waals surface area contributed by atoms with E-state index in [1.54, 1.807) is 0 Å². The fraction of sp³-hybridized carbons (Fsp3) is 0.125. The lowest BCUT2D eigenvalue weighted by Crippen LogP contribution is -1.90. The van der Waals surface area contributed by atoms with Gasteiger partial charge in [0.05, 0.1) is 5.52 Å². The van der Waals surface area contributed by atoms with Crippen molar-refractivity contribution in [3.63, 3.8) is 0 Å². The predicted octanol–water partition coefficient (Wildman–Crippen LogP) is 4.06. The van der Waals surface area contributed by atoms with Gasteiger partial charge in [-0.25, -0.2) is 0 Å². The second-order valence-corrected chi connectivity index (χ2v) is 4.33. The summed E-state index contributed by atoms with van der Waals surface area (Å²) in [6.45, 7) is 2.06. The summed E-state index contributed by atoms with van der Waals surface area (Å²) in [5, 5.41) is 2.51. The Bertz CT molecular complexity index is 728. The summed E-state index contributed by atoms with van der Waals surface area (Å²) >= 11 is 0. The molecule has 1 atom stereocenters. The van der Waals surface area contributed by atoms with Crippen LogP contribution in [0.5, 0.6) is 0 Å². The van der Waals surface area contributed by atoms with Gasteiger partial charge >= 0.3 is 0 Å². The summed E-state index contributed by atoms with van der Waals surface area (Å²) < 4.78 is 0. The molecule has 0 aliphatic rings. The molecule has 1 aromatic heterocycles. The van der Waals surface area contributed by atoms with Crippen molar-refractivity contribution in [2.24, 2.45) is 0 Å². The third-order valence-corrected chi connectivity index (χ3v) is 3.29. The fourth-order valence-electron chi connectivity index (χ4n) is 2.35. The normalized spacial score (nSPS) is 12.7. The summed E-state index contributed by atoms with van der Waals surface area (Å²) in [4.78, 5) is 3.47. The molecule has 0 aliphatic heterocycles. The molecule has 17 heavy (non-hydrogen) atoms. The Morgan fingerprint density at radius 3 is 2.65 bits per heavy atom. The van der Waals surface area contributed by atoms with Gasteiger partial charge in [-0.05, 0) is 18.6 Å². The van der Waals surface area contributed by atoms with Crippen LogP contribution in [0.3, 0.4) is 0 Å². The molecule has 1 nitrogen and oxygen atoms in total. The van der Waals surface area contributed by atoms with Crippen molar-refractivity contribution in [1.82, 2.24) is 4.98 Å². The van der Waals surface area contributed by atoms with Crippen LogP contribution in [0.4, 0.5) is 0 Å². The summed E-state index contributed by atoms with van der Waals surface area (Å²) in [5.41, 5.74) is 3.53. The molecule has 0 saturated heterocycles. The van der Waals surface area contributed by atoms with Crippen LogP contribution in [-0.4, -0.2) is 4.98 Å². The lowest BCUT2D eigenvalue weighted by atomic mass is 9.99. The summed E-state index contributed by atoms with van der Waals surface area (Å²) in [7, 11) is 0. The second kappa shape index (κ2) is 3.68. The molecule has 0 amide bonds. The molecule has 0 saturated carbocycles. The van der Waals surface area contributed by atoms with Crippen molar-refractivity contribution >= 4 is 21.8 Å². The summed E-state index contributed by atoms with van der Waals surface area (Å²) in [6.07, 6.45) is 5.53. The minimum absolute atomic E-state index is 0.131. The van der Waals surface area contributed by atoms with E-state index in [4.69, 9.17) is 6.42 Å². The Kier molecular flexibility index (Phi) is 2.16. The SMILES string of the molecule is C#CC(C)c1cccc2c1[nH]c1ccccc12. The molecular weight excluding hydrogens is 206 g/mol. The molecule has 1 unspecified atom stereocenters. The lowest BCUT2D eigenvalue weighted by molar-refractivity contribution is 1.02. The monoisotopic (exact) mass is 219 g/mol. The van der Waals surface area contributed by atoms with Crippen LogP contribution in [0.15, 0.2) is 42.5 Å². The van der Waals surface area contributed by atoms with Gasteiger partial charge in [-0.3, -0.25) is 0 Å². The third-order valence-electron chi connectivity index (χ3n) is 3.29. The zero-order valence-corrected chi connectivity index (χ0v) is 9.70. The average Bonchev–Trinajstić information content (AvgIpc) is 2.76. The van der Waals surface area contributed by atoms with Crippen LogP contribution >= 0.6 is 0 Å². The van der Waals surface area contributed by atoms with Crippen molar-refractivity contribution in [3.8, 4) is 12.3 Å². The first-order valence-electron chi connectivity index (χ1n) is 5.76. The molecule has 0 radical (unpaired) electrons. The highest BCUT2D eigenvalue weighted by Crippen LogP contribution is 2.30. The van der Waals surface area contributed by atoms with E-state index >= 15 is 0 Å². The fourth-order valence-corrected chi connectivity index (χ4v) is 2.35. The van der Waals surface area contributed by atoms with Gasteiger partial charge in [0.15, 0.2) is 0 Å². The number of benzene rings is 2. The largest absolute Gasteiger partial charge is 0.354 e. The minimum Gasteiger partial charge on any atom is -0.354 e. The van der Waals surface area contributed by atoms with Gasteiger partial charge in [-0.2, -0.15) is 0 Å². The summed E-state index contributed by atoms with van der Waals surface area (Å²) in [5.74, 6) is 2.93. The molecule has 0 fully saturated rings. The zero-order valence-electron chi connectivity index (χ0n) is 9.70. The Labute approximate surface area is 100 Å². The molecule has 1 heterocycles. The zero-order chi connectivity index (χ0) is 11.8. The molecule has 1 N–H and O–H groups in total. The van der Waals surface area contributed by atoms with Gasteiger partial charge in [0, 0.05) is 22.2 Å². The Hall–Kier alpha value is -2.20. The molecule has 3 rings (SSSR count). The molecule has 0 bridgehead atoms. The predicted molar refractivity (Wildman–Crippen MR) is 73.1 cm³/mol. The van der Waals surface area contributed by atoms with Crippen molar-refractivity contribution in [2.45, 2.75) is 12.8 Å². The minimum atomic E-state index is 0.131. The van der Waals surface area contributed by atoms with E-state index in [9.17, 15) is 0 Å². The molecule has 3 aromatic rings. The van der Waals surface area contributed by atoms with Gasteiger partial charge in [0.25, 0.3) is 0 Å². The van der Waals surface area contributed by atoms with Gasteiger partial charge in [0.2, 0.25) is 0 Å². The standard InChI is InChI=1S/C16H13N/c1-3-11(2)12-8-6-9-14-13-7-4-5-10-15(13)17-16(12)14/h1,4-11,17H,2H3. The lowest BCUT2D eigenvalue weighted by Gasteiger charge is -2.05. The molecule has 0 aliphatic carbocycles.